The molecule has 0 aliphatic carbocycles. The van der Waals surface area contributed by atoms with Crippen LogP contribution in [0.3, 0.4) is 0 Å². The summed E-state index contributed by atoms with van der Waals surface area (Å²) in [6, 6.07) is 0. The molecule has 0 aromatic rings. The summed E-state index contributed by atoms with van der Waals surface area (Å²) < 4.78 is 10.4. The fourth-order valence-electron chi connectivity index (χ4n) is 1.90. The molecule has 0 unspecified atom stereocenters. The molecular formula is C15H26O4. The number of esters is 2. The van der Waals surface area contributed by atoms with Gasteiger partial charge in [0.15, 0.2) is 5.41 Å². The zero-order valence-corrected chi connectivity index (χ0v) is 12.4. The second kappa shape index (κ2) is 9.59. The van der Waals surface area contributed by atoms with Crippen molar-refractivity contribution in [3.63, 3.8) is 0 Å². The molecule has 4 nitrogen and oxygen atoms in total. The molecule has 0 saturated heterocycles. The first-order valence-electron chi connectivity index (χ1n) is 7.04. The Morgan fingerprint density at radius 1 is 1.00 bits per heavy atom. The molecule has 0 aliphatic rings. The third kappa shape index (κ3) is 5.05. The van der Waals surface area contributed by atoms with Crippen LogP contribution in [0.25, 0.3) is 0 Å². The number of hydrogen-bond acceptors (Lipinski definition) is 4. The van der Waals surface area contributed by atoms with E-state index in [0.29, 0.717) is 26.1 Å². The van der Waals surface area contributed by atoms with Crippen molar-refractivity contribution < 1.29 is 19.1 Å². The van der Waals surface area contributed by atoms with Crippen molar-refractivity contribution in [2.45, 2.75) is 52.9 Å². The number of carbonyl (C=O) groups excluding carboxylic acids is 2. The second-order valence-electron chi connectivity index (χ2n) is 4.60. The highest BCUT2D eigenvalue weighted by atomic mass is 16.6. The summed E-state index contributed by atoms with van der Waals surface area (Å²) in [5.74, 6) is -0.977. The summed E-state index contributed by atoms with van der Waals surface area (Å²) in [5.41, 5.74) is -1.22. The van der Waals surface area contributed by atoms with Crippen LogP contribution in [-0.4, -0.2) is 25.2 Å². The lowest BCUT2D eigenvalue weighted by molar-refractivity contribution is -0.173. The lowest BCUT2D eigenvalue weighted by atomic mass is 9.80. The maximum atomic E-state index is 12.2. The van der Waals surface area contributed by atoms with Gasteiger partial charge in [0.25, 0.3) is 0 Å². The molecule has 0 fully saturated rings. The van der Waals surface area contributed by atoms with Crippen LogP contribution in [0.15, 0.2) is 12.7 Å². The smallest absolute Gasteiger partial charge is 0.323 e. The Morgan fingerprint density at radius 2 is 1.47 bits per heavy atom. The van der Waals surface area contributed by atoms with Gasteiger partial charge in [-0.05, 0) is 25.7 Å². The Hall–Kier alpha value is -1.32. The summed E-state index contributed by atoms with van der Waals surface area (Å²) in [4.78, 5) is 24.5. The van der Waals surface area contributed by atoms with E-state index in [1.807, 2.05) is 20.8 Å². The van der Waals surface area contributed by atoms with Crippen molar-refractivity contribution in [3.05, 3.63) is 12.7 Å². The summed E-state index contributed by atoms with van der Waals surface area (Å²) in [6.45, 7) is 10.0. The predicted octanol–water partition coefficient (Wildman–Crippen LogP) is 3.26. The molecule has 0 N–H and O–H groups in total. The summed E-state index contributed by atoms with van der Waals surface area (Å²) in [5, 5.41) is 0. The highest BCUT2D eigenvalue weighted by Gasteiger charge is 2.47. The number of carbonyl (C=O) groups is 2. The first kappa shape index (κ1) is 17.7. The van der Waals surface area contributed by atoms with Gasteiger partial charge in [-0.25, -0.2) is 0 Å². The van der Waals surface area contributed by atoms with Gasteiger partial charge in [-0.2, -0.15) is 0 Å². The van der Waals surface area contributed by atoms with E-state index in [2.05, 4.69) is 6.58 Å². The van der Waals surface area contributed by atoms with Crippen molar-refractivity contribution in [2.24, 2.45) is 5.41 Å². The SMILES string of the molecule is C=CCC(CCC)(C(=O)OCCC)C(=O)OCCC. The topological polar surface area (TPSA) is 52.6 Å². The Morgan fingerprint density at radius 3 is 1.79 bits per heavy atom. The number of rotatable bonds is 10. The zero-order chi connectivity index (χ0) is 14.7. The van der Waals surface area contributed by atoms with Crippen LogP contribution in [-0.2, 0) is 19.1 Å². The summed E-state index contributed by atoms with van der Waals surface area (Å²) in [7, 11) is 0. The molecule has 0 saturated carbocycles. The third-order valence-electron chi connectivity index (χ3n) is 2.83. The maximum Gasteiger partial charge on any atom is 0.323 e. The predicted molar refractivity (Wildman–Crippen MR) is 74.7 cm³/mol. The number of allylic oxidation sites excluding steroid dienone is 1. The molecule has 0 aromatic carbocycles. The van der Waals surface area contributed by atoms with Crippen LogP contribution in [0.4, 0.5) is 0 Å². The van der Waals surface area contributed by atoms with Crippen molar-refractivity contribution in [3.8, 4) is 0 Å². The molecule has 0 spiro atoms. The zero-order valence-electron chi connectivity index (χ0n) is 12.4. The van der Waals surface area contributed by atoms with Crippen LogP contribution < -0.4 is 0 Å². The van der Waals surface area contributed by atoms with E-state index in [4.69, 9.17) is 9.47 Å². The lowest BCUT2D eigenvalue weighted by Crippen LogP contribution is -2.42. The molecular weight excluding hydrogens is 244 g/mol. The van der Waals surface area contributed by atoms with E-state index in [0.717, 1.165) is 12.8 Å². The fourth-order valence-corrected chi connectivity index (χ4v) is 1.90. The van der Waals surface area contributed by atoms with Crippen LogP contribution >= 0.6 is 0 Å². The molecule has 0 aromatic heterocycles. The van der Waals surface area contributed by atoms with Crippen LogP contribution in [0.5, 0.6) is 0 Å². The normalized spacial score (nSPS) is 10.9. The van der Waals surface area contributed by atoms with Crippen molar-refractivity contribution in [1.29, 1.82) is 0 Å². The number of hydrogen-bond donors (Lipinski definition) is 0. The van der Waals surface area contributed by atoms with Gasteiger partial charge in [0.05, 0.1) is 13.2 Å². The van der Waals surface area contributed by atoms with Gasteiger partial charge in [0.1, 0.15) is 0 Å². The molecule has 4 heteroatoms. The van der Waals surface area contributed by atoms with Crippen molar-refractivity contribution >= 4 is 11.9 Å². The standard InChI is InChI=1S/C15H26O4/c1-5-9-15(10-6-2,13(16)18-11-7-3)14(17)19-12-8-4/h5H,1,6-12H2,2-4H3. The molecule has 0 aliphatic heterocycles. The van der Waals surface area contributed by atoms with E-state index in [9.17, 15) is 9.59 Å². The lowest BCUT2D eigenvalue weighted by Gasteiger charge is -2.28. The molecule has 0 radical (unpaired) electrons. The third-order valence-corrected chi connectivity index (χ3v) is 2.83. The van der Waals surface area contributed by atoms with E-state index < -0.39 is 17.4 Å². The van der Waals surface area contributed by atoms with Crippen molar-refractivity contribution in [1.82, 2.24) is 0 Å². The van der Waals surface area contributed by atoms with Gasteiger partial charge in [-0.3, -0.25) is 9.59 Å². The quantitative estimate of drug-likeness (QED) is 0.347. The molecule has 0 amide bonds. The minimum Gasteiger partial charge on any atom is -0.465 e. The van der Waals surface area contributed by atoms with Crippen LogP contribution in [0.1, 0.15) is 52.9 Å². The maximum absolute atomic E-state index is 12.2. The molecule has 0 heterocycles. The fraction of sp³-hybridized carbons (Fsp3) is 0.733. The van der Waals surface area contributed by atoms with Crippen LogP contribution in [0, 0.1) is 5.41 Å². The Labute approximate surface area is 116 Å². The van der Waals surface area contributed by atoms with E-state index in [1.54, 1.807) is 6.08 Å². The van der Waals surface area contributed by atoms with E-state index >= 15 is 0 Å². The number of ether oxygens (including phenoxy) is 2. The average molecular weight is 270 g/mol. The van der Waals surface area contributed by atoms with Gasteiger partial charge in [-0.15, -0.1) is 6.58 Å². The van der Waals surface area contributed by atoms with Crippen LogP contribution in [0.2, 0.25) is 0 Å². The van der Waals surface area contributed by atoms with Gasteiger partial charge in [0.2, 0.25) is 0 Å². The second-order valence-corrected chi connectivity index (χ2v) is 4.60. The van der Waals surface area contributed by atoms with Gasteiger partial charge >= 0.3 is 11.9 Å². The van der Waals surface area contributed by atoms with Gasteiger partial charge in [0, 0.05) is 0 Å². The molecule has 0 rings (SSSR count). The highest BCUT2D eigenvalue weighted by Crippen LogP contribution is 2.32. The largest absolute Gasteiger partial charge is 0.465 e. The van der Waals surface area contributed by atoms with Gasteiger partial charge < -0.3 is 9.47 Å². The first-order chi connectivity index (χ1) is 9.08. The molecule has 110 valence electrons. The Bertz CT molecular complexity index is 277. The average Bonchev–Trinajstić information content (AvgIpc) is 2.41. The summed E-state index contributed by atoms with van der Waals surface area (Å²) >= 11 is 0. The molecule has 0 bridgehead atoms. The Balaban J connectivity index is 5.09. The van der Waals surface area contributed by atoms with E-state index in [-0.39, 0.29) is 6.42 Å². The Kier molecular flexibility index (Phi) is 8.92. The molecule has 19 heavy (non-hydrogen) atoms. The van der Waals surface area contributed by atoms with Crippen molar-refractivity contribution in [2.75, 3.05) is 13.2 Å². The highest BCUT2D eigenvalue weighted by molar-refractivity contribution is 6.00. The summed E-state index contributed by atoms with van der Waals surface area (Å²) in [6.07, 6.45) is 4.42. The van der Waals surface area contributed by atoms with Gasteiger partial charge in [-0.1, -0.05) is 33.3 Å². The first-order valence-corrected chi connectivity index (χ1v) is 7.04. The van der Waals surface area contributed by atoms with E-state index in [1.165, 1.54) is 0 Å². The minimum atomic E-state index is -1.22. The molecule has 0 atom stereocenters. The monoisotopic (exact) mass is 270 g/mol. The minimum absolute atomic E-state index is 0.256.